The molecule has 0 aliphatic carbocycles. The molecule has 0 radical (unpaired) electrons. The van der Waals surface area contributed by atoms with Crippen LogP contribution in [0, 0.1) is 5.82 Å². The first kappa shape index (κ1) is 20.0. The van der Waals surface area contributed by atoms with Gasteiger partial charge in [-0.05, 0) is 18.2 Å². The number of pyridine rings is 2. The summed E-state index contributed by atoms with van der Waals surface area (Å²) in [4.78, 5) is 33.9. The predicted molar refractivity (Wildman–Crippen MR) is 111 cm³/mol. The molecule has 4 aromatic heterocycles. The van der Waals surface area contributed by atoms with E-state index in [1.54, 1.807) is 6.07 Å². The van der Waals surface area contributed by atoms with Crippen molar-refractivity contribution in [2.45, 2.75) is 32.7 Å². The smallest absolute Gasteiger partial charge is 0.265 e. The molecule has 0 atom stereocenters. The summed E-state index contributed by atoms with van der Waals surface area (Å²) in [6.45, 7) is 5.67. The molecule has 0 saturated heterocycles. The minimum absolute atomic E-state index is 0.169. The fourth-order valence-corrected chi connectivity index (χ4v) is 3.26. The molecule has 4 aromatic rings. The van der Waals surface area contributed by atoms with E-state index in [0.29, 0.717) is 11.3 Å². The fraction of sp³-hybridized carbons (Fsp3) is 0.250. The largest absolute Gasteiger partial charge is 0.309 e. The summed E-state index contributed by atoms with van der Waals surface area (Å²) in [5.41, 5.74) is 0.700. The number of anilines is 1. The fourth-order valence-electron chi connectivity index (χ4n) is 3.04. The molecular weight excluding hydrogens is 411 g/mol. The molecule has 8 nitrogen and oxygen atoms in total. The molecular formula is C20H18ClFN6O2. The van der Waals surface area contributed by atoms with Crippen LogP contribution in [0.25, 0.3) is 16.7 Å². The van der Waals surface area contributed by atoms with Gasteiger partial charge in [0, 0.05) is 17.7 Å². The number of halogens is 2. The summed E-state index contributed by atoms with van der Waals surface area (Å²) in [7, 11) is 0. The lowest BCUT2D eigenvalue weighted by atomic mass is 9.93. The van der Waals surface area contributed by atoms with Gasteiger partial charge in [-0.15, -0.1) is 0 Å². The van der Waals surface area contributed by atoms with E-state index in [2.05, 4.69) is 20.4 Å². The van der Waals surface area contributed by atoms with Crippen LogP contribution in [0.15, 0.2) is 41.5 Å². The quantitative estimate of drug-likeness (QED) is 0.541. The molecule has 1 N–H and O–H groups in total. The second-order valence-corrected chi connectivity index (χ2v) is 8.25. The molecule has 0 fully saturated rings. The van der Waals surface area contributed by atoms with E-state index >= 15 is 0 Å². The maximum absolute atomic E-state index is 13.2. The molecule has 4 heterocycles. The van der Waals surface area contributed by atoms with Crippen LogP contribution in [0.2, 0.25) is 5.02 Å². The molecule has 0 saturated carbocycles. The first-order chi connectivity index (χ1) is 14.1. The SMILES string of the molecule is CC(C)(C)c1cc2n(CC(=O)Nc3ccc(F)cn3)c(=O)c3c(Cl)ccnc3n2n1. The molecule has 0 bridgehead atoms. The van der Waals surface area contributed by atoms with Gasteiger partial charge in [0.05, 0.1) is 16.9 Å². The van der Waals surface area contributed by atoms with Crippen LogP contribution in [0.5, 0.6) is 0 Å². The number of aromatic nitrogens is 5. The Morgan fingerprint density at radius 3 is 2.67 bits per heavy atom. The summed E-state index contributed by atoms with van der Waals surface area (Å²) in [5, 5.41) is 7.55. The maximum Gasteiger partial charge on any atom is 0.265 e. The number of nitrogens with zero attached hydrogens (tertiary/aromatic N) is 5. The summed E-state index contributed by atoms with van der Waals surface area (Å²) in [6.07, 6.45) is 2.49. The number of amides is 1. The molecule has 0 aromatic carbocycles. The van der Waals surface area contributed by atoms with Gasteiger partial charge in [-0.25, -0.2) is 14.4 Å². The minimum Gasteiger partial charge on any atom is -0.309 e. The van der Waals surface area contributed by atoms with Crippen LogP contribution < -0.4 is 10.9 Å². The highest BCUT2D eigenvalue weighted by molar-refractivity contribution is 6.35. The summed E-state index contributed by atoms with van der Waals surface area (Å²) >= 11 is 6.27. The second kappa shape index (κ2) is 7.17. The highest BCUT2D eigenvalue weighted by Gasteiger charge is 2.23. The third-order valence-electron chi connectivity index (χ3n) is 4.57. The number of fused-ring (bicyclic) bond motifs is 3. The van der Waals surface area contributed by atoms with Crippen LogP contribution in [-0.4, -0.2) is 30.1 Å². The van der Waals surface area contributed by atoms with Crippen molar-refractivity contribution < 1.29 is 9.18 Å². The zero-order chi connectivity index (χ0) is 21.6. The Balaban J connectivity index is 1.86. The van der Waals surface area contributed by atoms with Gasteiger partial charge >= 0.3 is 0 Å². The molecule has 0 aliphatic heterocycles. The topological polar surface area (TPSA) is 94.2 Å². The second-order valence-electron chi connectivity index (χ2n) is 7.84. The van der Waals surface area contributed by atoms with Crippen molar-refractivity contribution in [2.24, 2.45) is 0 Å². The van der Waals surface area contributed by atoms with Crippen molar-refractivity contribution in [3.63, 3.8) is 0 Å². The van der Waals surface area contributed by atoms with Gasteiger partial charge in [0.2, 0.25) is 5.91 Å². The highest BCUT2D eigenvalue weighted by Crippen LogP contribution is 2.25. The number of hydrogen-bond donors (Lipinski definition) is 1. The Hall–Kier alpha value is -3.33. The zero-order valence-electron chi connectivity index (χ0n) is 16.5. The predicted octanol–water partition coefficient (Wildman–Crippen LogP) is 3.17. The molecule has 4 rings (SSSR count). The third kappa shape index (κ3) is 3.52. The summed E-state index contributed by atoms with van der Waals surface area (Å²) in [6, 6.07) is 5.79. The Labute approximate surface area is 175 Å². The Kier molecular flexibility index (Phi) is 4.77. The van der Waals surface area contributed by atoms with E-state index in [4.69, 9.17) is 11.6 Å². The monoisotopic (exact) mass is 428 g/mol. The number of rotatable bonds is 3. The number of carbonyl (C=O) groups excluding carboxylic acids is 1. The minimum atomic E-state index is -0.517. The molecule has 30 heavy (non-hydrogen) atoms. The van der Waals surface area contributed by atoms with Crippen molar-refractivity contribution in [3.05, 3.63) is 63.5 Å². The van der Waals surface area contributed by atoms with Gasteiger partial charge in [-0.3, -0.25) is 14.2 Å². The van der Waals surface area contributed by atoms with E-state index in [0.717, 1.165) is 11.9 Å². The first-order valence-electron chi connectivity index (χ1n) is 9.14. The van der Waals surface area contributed by atoms with Gasteiger partial charge in [0.1, 0.15) is 29.2 Å². The molecule has 1 amide bonds. The molecule has 154 valence electrons. The van der Waals surface area contributed by atoms with E-state index in [9.17, 15) is 14.0 Å². The van der Waals surface area contributed by atoms with E-state index in [1.807, 2.05) is 20.8 Å². The Morgan fingerprint density at radius 2 is 2.00 bits per heavy atom. The maximum atomic E-state index is 13.2. The van der Waals surface area contributed by atoms with Gasteiger partial charge in [-0.1, -0.05) is 32.4 Å². The summed E-state index contributed by atoms with van der Waals surface area (Å²) < 4.78 is 15.8. The van der Waals surface area contributed by atoms with Gasteiger partial charge < -0.3 is 5.32 Å². The van der Waals surface area contributed by atoms with E-state index < -0.39 is 17.3 Å². The molecule has 0 unspecified atom stereocenters. The normalized spacial score (nSPS) is 11.9. The van der Waals surface area contributed by atoms with E-state index in [1.165, 1.54) is 33.5 Å². The van der Waals surface area contributed by atoms with Crippen LogP contribution in [-0.2, 0) is 16.8 Å². The lowest BCUT2D eigenvalue weighted by molar-refractivity contribution is -0.116. The van der Waals surface area contributed by atoms with Gasteiger partial charge in [0.25, 0.3) is 5.56 Å². The molecule has 0 spiro atoms. The van der Waals surface area contributed by atoms with Crippen molar-refractivity contribution in [2.75, 3.05) is 5.32 Å². The van der Waals surface area contributed by atoms with Crippen LogP contribution in [0.1, 0.15) is 26.5 Å². The first-order valence-corrected chi connectivity index (χ1v) is 9.51. The average Bonchev–Trinajstić information content (AvgIpc) is 3.13. The van der Waals surface area contributed by atoms with Crippen molar-refractivity contribution in [1.29, 1.82) is 0 Å². The average molecular weight is 429 g/mol. The van der Waals surface area contributed by atoms with Crippen LogP contribution in [0.4, 0.5) is 10.2 Å². The van der Waals surface area contributed by atoms with Gasteiger partial charge in [0.15, 0.2) is 5.65 Å². The van der Waals surface area contributed by atoms with Crippen molar-refractivity contribution >= 4 is 40.0 Å². The lowest BCUT2D eigenvalue weighted by Gasteiger charge is -2.13. The Bertz CT molecular complexity index is 1340. The third-order valence-corrected chi connectivity index (χ3v) is 4.89. The highest BCUT2D eigenvalue weighted by atomic mass is 35.5. The molecule has 0 aliphatic rings. The van der Waals surface area contributed by atoms with Crippen LogP contribution in [0.3, 0.4) is 0 Å². The van der Waals surface area contributed by atoms with Crippen molar-refractivity contribution in [3.8, 4) is 0 Å². The zero-order valence-corrected chi connectivity index (χ0v) is 17.2. The number of nitrogens with one attached hydrogen (secondary N) is 1. The van der Waals surface area contributed by atoms with Crippen molar-refractivity contribution in [1.82, 2.24) is 24.1 Å². The number of hydrogen-bond acceptors (Lipinski definition) is 5. The van der Waals surface area contributed by atoms with Crippen LogP contribution >= 0.6 is 11.6 Å². The standard InChI is InChI=1S/C20H18ClFN6O2/c1-20(2,3)13-8-16-27(10-15(29)25-14-5-4-11(22)9-24-14)19(30)17-12(21)6-7-23-18(17)28(16)26-13/h4-9H,10H2,1-3H3,(H,24,25,29). The van der Waals surface area contributed by atoms with E-state index in [-0.39, 0.29) is 28.2 Å². The molecule has 10 heteroatoms. The number of carbonyl (C=O) groups is 1. The lowest BCUT2D eigenvalue weighted by Crippen LogP contribution is -2.30. The van der Waals surface area contributed by atoms with Gasteiger partial charge in [-0.2, -0.15) is 9.61 Å². The Morgan fingerprint density at radius 1 is 1.23 bits per heavy atom. The summed E-state index contributed by atoms with van der Waals surface area (Å²) in [5.74, 6) is -0.845.